The second-order valence-corrected chi connectivity index (χ2v) is 4.93. The summed E-state index contributed by atoms with van der Waals surface area (Å²) in [5, 5.41) is 0. The molecule has 4 heteroatoms. The molecule has 2 heterocycles. The third kappa shape index (κ3) is 2.89. The molecule has 1 fully saturated rings. The van der Waals surface area contributed by atoms with Crippen LogP contribution in [0.5, 0.6) is 0 Å². The summed E-state index contributed by atoms with van der Waals surface area (Å²) in [4.78, 5) is 6.43. The number of hydrogen-bond donors (Lipinski definition) is 0. The molecule has 2 nitrogen and oxygen atoms in total. The zero-order valence-corrected chi connectivity index (χ0v) is 10.9. The first kappa shape index (κ1) is 12.6. The van der Waals surface area contributed by atoms with Crippen LogP contribution in [-0.4, -0.2) is 18.1 Å². The van der Waals surface area contributed by atoms with Crippen molar-refractivity contribution in [2.45, 2.75) is 32.1 Å². The summed E-state index contributed by atoms with van der Waals surface area (Å²) in [6.45, 7) is 4.24. The molecule has 1 saturated heterocycles. The van der Waals surface area contributed by atoms with Gasteiger partial charge in [0.05, 0.1) is 12.1 Å². The highest BCUT2D eigenvalue weighted by atomic mass is 35.5. The van der Waals surface area contributed by atoms with E-state index >= 15 is 0 Å². The summed E-state index contributed by atoms with van der Waals surface area (Å²) in [5.74, 6) is 1.61. The number of anilines is 1. The Morgan fingerprint density at radius 1 is 1.59 bits per heavy atom. The van der Waals surface area contributed by atoms with Gasteiger partial charge in [-0.25, -0.2) is 9.37 Å². The molecule has 0 amide bonds. The molecule has 0 bridgehead atoms. The van der Waals surface area contributed by atoms with Gasteiger partial charge in [0.25, 0.3) is 0 Å². The average Bonchev–Trinajstić information content (AvgIpc) is 2.78. The lowest BCUT2D eigenvalue weighted by Gasteiger charge is -2.20. The number of hydrogen-bond acceptors (Lipinski definition) is 2. The Bertz CT molecular complexity index is 384. The van der Waals surface area contributed by atoms with E-state index in [4.69, 9.17) is 11.6 Å². The molecule has 1 aliphatic heterocycles. The molecule has 0 aromatic carbocycles. The van der Waals surface area contributed by atoms with Crippen LogP contribution in [0.15, 0.2) is 12.3 Å². The fourth-order valence-electron chi connectivity index (χ4n) is 2.53. The molecule has 1 aliphatic rings. The SMILES string of the molecule is CCCC1CCN(c2ncc(F)cc2CCl)C1. The minimum absolute atomic E-state index is 0.311. The van der Waals surface area contributed by atoms with E-state index in [0.29, 0.717) is 5.88 Å². The summed E-state index contributed by atoms with van der Waals surface area (Å²) < 4.78 is 13.1. The largest absolute Gasteiger partial charge is 0.356 e. The monoisotopic (exact) mass is 256 g/mol. The molecule has 17 heavy (non-hydrogen) atoms. The molecule has 0 N–H and O–H groups in total. The zero-order valence-electron chi connectivity index (χ0n) is 10.1. The zero-order chi connectivity index (χ0) is 12.3. The number of nitrogens with zero attached hydrogens (tertiary/aromatic N) is 2. The van der Waals surface area contributed by atoms with Crippen molar-refractivity contribution >= 4 is 17.4 Å². The number of pyridine rings is 1. The van der Waals surface area contributed by atoms with Gasteiger partial charge in [-0.15, -0.1) is 11.6 Å². The smallest absolute Gasteiger partial charge is 0.141 e. The Balaban J connectivity index is 2.12. The summed E-state index contributed by atoms with van der Waals surface area (Å²) in [5.41, 5.74) is 0.795. The molecular formula is C13H18ClFN2. The van der Waals surface area contributed by atoms with Gasteiger partial charge >= 0.3 is 0 Å². The van der Waals surface area contributed by atoms with Gasteiger partial charge in [-0.3, -0.25) is 0 Å². The van der Waals surface area contributed by atoms with Crippen LogP contribution < -0.4 is 4.90 Å². The van der Waals surface area contributed by atoms with Crippen LogP contribution in [0.1, 0.15) is 31.7 Å². The third-order valence-electron chi connectivity index (χ3n) is 3.34. The van der Waals surface area contributed by atoms with Crippen molar-refractivity contribution in [1.29, 1.82) is 0 Å². The summed E-state index contributed by atoms with van der Waals surface area (Å²) in [6.07, 6.45) is 4.96. The van der Waals surface area contributed by atoms with E-state index in [9.17, 15) is 4.39 Å². The molecule has 1 aromatic rings. The van der Waals surface area contributed by atoms with Crippen molar-refractivity contribution in [2.75, 3.05) is 18.0 Å². The van der Waals surface area contributed by atoms with E-state index in [1.54, 1.807) is 0 Å². The van der Waals surface area contributed by atoms with Crippen LogP contribution in [0, 0.1) is 11.7 Å². The Kier molecular flexibility index (Phi) is 4.21. The summed E-state index contributed by atoms with van der Waals surface area (Å²) in [6, 6.07) is 1.49. The number of halogens is 2. The molecule has 2 rings (SSSR count). The molecule has 1 aromatic heterocycles. The standard InChI is InChI=1S/C13H18ClFN2/c1-2-3-10-4-5-17(9-10)13-11(7-14)6-12(15)8-16-13/h6,8,10H,2-5,7,9H2,1H3. The van der Waals surface area contributed by atoms with Crippen LogP contribution in [0.2, 0.25) is 0 Å². The highest BCUT2D eigenvalue weighted by Crippen LogP contribution is 2.28. The molecule has 94 valence electrons. The molecule has 0 saturated carbocycles. The first-order valence-electron chi connectivity index (χ1n) is 6.20. The lowest BCUT2D eigenvalue weighted by molar-refractivity contribution is 0.529. The predicted octanol–water partition coefficient (Wildman–Crippen LogP) is 3.59. The number of aromatic nitrogens is 1. The fourth-order valence-corrected chi connectivity index (χ4v) is 2.72. The van der Waals surface area contributed by atoms with E-state index < -0.39 is 0 Å². The van der Waals surface area contributed by atoms with Crippen molar-refractivity contribution in [3.63, 3.8) is 0 Å². The van der Waals surface area contributed by atoms with Crippen molar-refractivity contribution in [1.82, 2.24) is 4.98 Å². The van der Waals surface area contributed by atoms with E-state index in [1.165, 1.54) is 31.5 Å². The fraction of sp³-hybridized carbons (Fsp3) is 0.615. The van der Waals surface area contributed by atoms with Crippen molar-refractivity contribution in [2.24, 2.45) is 5.92 Å². The van der Waals surface area contributed by atoms with Gasteiger partial charge in [-0.1, -0.05) is 13.3 Å². The lowest BCUT2D eigenvalue weighted by Crippen LogP contribution is -2.22. The average molecular weight is 257 g/mol. The minimum Gasteiger partial charge on any atom is -0.356 e. The highest BCUT2D eigenvalue weighted by molar-refractivity contribution is 6.17. The Hall–Kier alpha value is -0.830. The minimum atomic E-state index is -0.311. The van der Waals surface area contributed by atoms with Crippen LogP contribution in [0.4, 0.5) is 10.2 Å². The van der Waals surface area contributed by atoms with Gasteiger partial charge in [0.1, 0.15) is 11.6 Å². The maximum Gasteiger partial charge on any atom is 0.141 e. The van der Waals surface area contributed by atoms with Crippen LogP contribution in [0.25, 0.3) is 0 Å². The third-order valence-corrected chi connectivity index (χ3v) is 3.62. The van der Waals surface area contributed by atoms with Crippen LogP contribution in [-0.2, 0) is 5.88 Å². The van der Waals surface area contributed by atoms with Gasteiger partial charge in [-0.05, 0) is 24.8 Å². The van der Waals surface area contributed by atoms with Gasteiger partial charge in [-0.2, -0.15) is 0 Å². The van der Waals surface area contributed by atoms with Crippen molar-refractivity contribution in [3.05, 3.63) is 23.6 Å². The van der Waals surface area contributed by atoms with Crippen molar-refractivity contribution in [3.8, 4) is 0 Å². The molecular weight excluding hydrogens is 239 g/mol. The van der Waals surface area contributed by atoms with E-state index in [0.717, 1.165) is 30.4 Å². The van der Waals surface area contributed by atoms with E-state index in [1.807, 2.05) is 0 Å². The van der Waals surface area contributed by atoms with Crippen LogP contribution >= 0.6 is 11.6 Å². The molecule has 0 spiro atoms. The van der Waals surface area contributed by atoms with Gasteiger partial charge in [0, 0.05) is 18.7 Å². The van der Waals surface area contributed by atoms with Crippen molar-refractivity contribution < 1.29 is 4.39 Å². The van der Waals surface area contributed by atoms with E-state index in [-0.39, 0.29) is 5.82 Å². The Morgan fingerprint density at radius 3 is 3.12 bits per heavy atom. The second-order valence-electron chi connectivity index (χ2n) is 4.66. The van der Waals surface area contributed by atoms with Gasteiger partial charge < -0.3 is 4.90 Å². The van der Waals surface area contributed by atoms with Crippen LogP contribution in [0.3, 0.4) is 0 Å². The maximum absolute atomic E-state index is 13.1. The molecule has 0 radical (unpaired) electrons. The highest BCUT2D eigenvalue weighted by Gasteiger charge is 2.24. The Morgan fingerprint density at radius 2 is 2.41 bits per heavy atom. The topological polar surface area (TPSA) is 16.1 Å². The number of alkyl halides is 1. The maximum atomic E-state index is 13.1. The Labute approximate surface area is 107 Å². The summed E-state index contributed by atoms with van der Waals surface area (Å²) >= 11 is 5.85. The molecule has 0 aliphatic carbocycles. The first-order valence-corrected chi connectivity index (χ1v) is 6.73. The normalized spacial score (nSPS) is 19.9. The molecule has 1 atom stereocenters. The number of rotatable bonds is 4. The second kappa shape index (κ2) is 5.67. The van der Waals surface area contributed by atoms with E-state index in [2.05, 4.69) is 16.8 Å². The predicted molar refractivity (Wildman–Crippen MR) is 69.0 cm³/mol. The summed E-state index contributed by atoms with van der Waals surface area (Å²) in [7, 11) is 0. The molecule has 1 unspecified atom stereocenters. The van der Waals surface area contributed by atoms with Gasteiger partial charge in [0.15, 0.2) is 0 Å². The quantitative estimate of drug-likeness (QED) is 0.766. The van der Waals surface area contributed by atoms with Gasteiger partial charge in [0.2, 0.25) is 0 Å². The lowest BCUT2D eigenvalue weighted by atomic mass is 10.0. The first-order chi connectivity index (χ1) is 8.24.